The number of carbonyl (C=O) groups excluding carboxylic acids is 1. The molecule has 0 aliphatic carbocycles. The van der Waals surface area contributed by atoms with Crippen LogP contribution in [0, 0.1) is 0 Å². The lowest BCUT2D eigenvalue weighted by Gasteiger charge is -2.23. The van der Waals surface area contributed by atoms with Gasteiger partial charge in [0, 0.05) is 24.0 Å². The first-order chi connectivity index (χ1) is 12.2. The molecule has 0 saturated carbocycles. The zero-order chi connectivity index (χ0) is 17.4. The lowest BCUT2D eigenvalue weighted by Crippen LogP contribution is -2.41. The molecule has 1 N–H and O–H groups in total. The summed E-state index contributed by atoms with van der Waals surface area (Å²) in [4.78, 5) is 23.4. The molecule has 2 aromatic heterocycles. The van der Waals surface area contributed by atoms with E-state index < -0.39 is 0 Å². The summed E-state index contributed by atoms with van der Waals surface area (Å²) in [5.74, 6) is 1.31. The Hall–Kier alpha value is -2.96. The first-order valence-electron chi connectivity index (χ1n) is 8.53. The predicted molar refractivity (Wildman–Crippen MR) is 95.7 cm³/mol. The number of amides is 1. The maximum atomic E-state index is 12.9. The van der Waals surface area contributed by atoms with Crippen LogP contribution in [0.4, 0.5) is 11.5 Å². The van der Waals surface area contributed by atoms with Crippen LogP contribution in [0.1, 0.15) is 25.1 Å². The van der Waals surface area contributed by atoms with E-state index in [1.165, 1.54) is 11.9 Å². The molecule has 0 spiro atoms. The summed E-state index contributed by atoms with van der Waals surface area (Å²) in [6.45, 7) is 4.63. The Labute approximate surface area is 145 Å². The fraction of sp³-hybridized carbons (Fsp3) is 0.333. The van der Waals surface area contributed by atoms with Crippen molar-refractivity contribution >= 4 is 23.2 Å². The van der Waals surface area contributed by atoms with Crippen LogP contribution >= 0.6 is 0 Å². The van der Waals surface area contributed by atoms with E-state index in [1.54, 1.807) is 4.52 Å². The van der Waals surface area contributed by atoms with E-state index in [-0.39, 0.29) is 11.9 Å². The third kappa shape index (κ3) is 2.71. The molecule has 0 fully saturated rings. The van der Waals surface area contributed by atoms with Crippen molar-refractivity contribution in [2.24, 2.45) is 0 Å². The summed E-state index contributed by atoms with van der Waals surface area (Å²) in [6.07, 6.45) is 3.16. The molecular weight excluding hydrogens is 316 g/mol. The number of aromatic nitrogens is 4. The molecule has 1 unspecified atom stereocenters. The Morgan fingerprint density at radius 1 is 1.36 bits per heavy atom. The van der Waals surface area contributed by atoms with Crippen LogP contribution in [-0.2, 0) is 17.6 Å². The SMILES string of the molecule is CCc1cc(NC(C)C(=O)N2CCc3ccccc32)n2ncnc2n1. The van der Waals surface area contributed by atoms with Gasteiger partial charge in [0.05, 0.1) is 0 Å². The van der Waals surface area contributed by atoms with E-state index in [9.17, 15) is 4.79 Å². The lowest BCUT2D eigenvalue weighted by atomic mass is 10.2. The smallest absolute Gasteiger partial charge is 0.254 e. The average molecular weight is 336 g/mol. The van der Waals surface area contributed by atoms with E-state index in [2.05, 4.69) is 26.4 Å². The Kier molecular flexibility index (Phi) is 3.83. The van der Waals surface area contributed by atoms with Crippen molar-refractivity contribution < 1.29 is 4.79 Å². The van der Waals surface area contributed by atoms with Gasteiger partial charge in [-0.1, -0.05) is 25.1 Å². The van der Waals surface area contributed by atoms with E-state index in [0.29, 0.717) is 5.78 Å². The van der Waals surface area contributed by atoms with Crippen molar-refractivity contribution in [3.8, 4) is 0 Å². The van der Waals surface area contributed by atoms with E-state index in [1.807, 2.05) is 43.0 Å². The largest absolute Gasteiger partial charge is 0.358 e. The number of benzene rings is 1. The number of rotatable bonds is 4. The zero-order valence-electron chi connectivity index (χ0n) is 14.3. The molecule has 0 radical (unpaired) electrons. The second-order valence-electron chi connectivity index (χ2n) is 6.19. The fourth-order valence-electron chi connectivity index (χ4n) is 3.23. The maximum absolute atomic E-state index is 12.9. The molecule has 3 heterocycles. The zero-order valence-corrected chi connectivity index (χ0v) is 14.3. The molecule has 128 valence electrons. The Balaban J connectivity index is 1.59. The molecule has 7 nitrogen and oxygen atoms in total. The topological polar surface area (TPSA) is 75.4 Å². The quantitative estimate of drug-likeness (QED) is 0.789. The van der Waals surface area contributed by atoms with Crippen LogP contribution in [0.3, 0.4) is 0 Å². The van der Waals surface area contributed by atoms with Gasteiger partial charge in [0.25, 0.3) is 5.78 Å². The van der Waals surface area contributed by atoms with Gasteiger partial charge in [-0.2, -0.15) is 14.6 Å². The van der Waals surface area contributed by atoms with Gasteiger partial charge in [0.1, 0.15) is 18.2 Å². The van der Waals surface area contributed by atoms with E-state index in [4.69, 9.17) is 0 Å². The van der Waals surface area contributed by atoms with Crippen LogP contribution in [0.15, 0.2) is 36.7 Å². The minimum Gasteiger partial charge on any atom is -0.358 e. The molecule has 25 heavy (non-hydrogen) atoms. The van der Waals surface area contributed by atoms with Crippen molar-refractivity contribution in [2.45, 2.75) is 32.7 Å². The van der Waals surface area contributed by atoms with Gasteiger partial charge in [0.15, 0.2) is 0 Å². The summed E-state index contributed by atoms with van der Waals surface area (Å²) in [7, 11) is 0. The molecule has 3 aromatic rings. The van der Waals surface area contributed by atoms with Gasteiger partial charge in [-0.15, -0.1) is 0 Å². The summed E-state index contributed by atoms with van der Waals surface area (Å²) in [5.41, 5.74) is 3.14. The van der Waals surface area contributed by atoms with Gasteiger partial charge in [-0.25, -0.2) is 4.98 Å². The second kappa shape index (κ2) is 6.16. The summed E-state index contributed by atoms with van der Waals surface area (Å²) in [6, 6.07) is 9.60. The standard InChI is InChI=1S/C18H20N6O/c1-3-14-10-16(24-18(22-14)19-11-20-24)21-12(2)17(25)23-9-8-13-6-4-5-7-15(13)23/h4-7,10-12,21H,3,8-9H2,1-2H3. The minimum absolute atomic E-state index is 0.0491. The molecule has 0 bridgehead atoms. The fourth-order valence-corrected chi connectivity index (χ4v) is 3.23. The van der Waals surface area contributed by atoms with Gasteiger partial charge in [0.2, 0.25) is 5.91 Å². The molecule has 7 heteroatoms. The van der Waals surface area contributed by atoms with Crippen molar-refractivity contribution in [1.82, 2.24) is 19.6 Å². The summed E-state index contributed by atoms with van der Waals surface area (Å²) in [5, 5.41) is 7.48. The molecule has 0 saturated heterocycles. The van der Waals surface area contributed by atoms with E-state index in [0.717, 1.165) is 36.6 Å². The van der Waals surface area contributed by atoms with Crippen molar-refractivity contribution in [2.75, 3.05) is 16.8 Å². The van der Waals surface area contributed by atoms with Crippen molar-refractivity contribution in [1.29, 1.82) is 0 Å². The highest BCUT2D eigenvalue weighted by molar-refractivity contribution is 6.00. The number of hydrogen-bond acceptors (Lipinski definition) is 5. The number of nitrogens with one attached hydrogen (secondary N) is 1. The van der Waals surface area contributed by atoms with E-state index >= 15 is 0 Å². The monoisotopic (exact) mass is 336 g/mol. The molecule has 1 aliphatic heterocycles. The van der Waals surface area contributed by atoms with Crippen LogP contribution in [0.2, 0.25) is 0 Å². The third-order valence-corrected chi connectivity index (χ3v) is 4.56. The maximum Gasteiger partial charge on any atom is 0.254 e. The second-order valence-corrected chi connectivity index (χ2v) is 6.19. The number of para-hydroxylation sites is 1. The summed E-state index contributed by atoms with van der Waals surface area (Å²) < 4.78 is 1.63. The Bertz CT molecular complexity index is 934. The van der Waals surface area contributed by atoms with Crippen molar-refractivity contribution in [3.05, 3.63) is 47.9 Å². The minimum atomic E-state index is -0.384. The number of carbonyl (C=O) groups is 1. The summed E-state index contributed by atoms with van der Waals surface area (Å²) >= 11 is 0. The Morgan fingerprint density at radius 3 is 3.04 bits per heavy atom. The number of aryl methyl sites for hydroxylation is 1. The average Bonchev–Trinajstić information content (AvgIpc) is 3.27. The highest BCUT2D eigenvalue weighted by atomic mass is 16.2. The molecular formula is C18H20N6O. The number of hydrogen-bond donors (Lipinski definition) is 1. The normalized spacial score (nSPS) is 14.6. The highest BCUT2D eigenvalue weighted by Crippen LogP contribution is 2.28. The predicted octanol–water partition coefficient (Wildman–Crippen LogP) is 2.08. The van der Waals surface area contributed by atoms with Crippen LogP contribution in [0.25, 0.3) is 5.78 Å². The number of anilines is 2. The van der Waals surface area contributed by atoms with Gasteiger partial charge in [-0.05, 0) is 31.4 Å². The molecule has 1 amide bonds. The van der Waals surface area contributed by atoms with Crippen LogP contribution in [0.5, 0.6) is 0 Å². The van der Waals surface area contributed by atoms with Gasteiger partial charge < -0.3 is 10.2 Å². The van der Waals surface area contributed by atoms with Crippen molar-refractivity contribution in [3.63, 3.8) is 0 Å². The lowest BCUT2D eigenvalue weighted by molar-refractivity contribution is -0.118. The van der Waals surface area contributed by atoms with Crippen LogP contribution < -0.4 is 10.2 Å². The number of fused-ring (bicyclic) bond motifs is 2. The highest BCUT2D eigenvalue weighted by Gasteiger charge is 2.28. The van der Waals surface area contributed by atoms with Gasteiger partial charge >= 0.3 is 0 Å². The first kappa shape index (κ1) is 15.6. The third-order valence-electron chi connectivity index (χ3n) is 4.56. The van der Waals surface area contributed by atoms with Crippen LogP contribution in [-0.4, -0.2) is 38.1 Å². The van der Waals surface area contributed by atoms with Gasteiger partial charge in [-0.3, -0.25) is 4.79 Å². The number of nitrogens with zero attached hydrogens (tertiary/aromatic N) is 5. The molecule has 1 aromatic carbocycles. The first-order valence-corrected chi connectivity index (χ1v) is 8.53. The molecule has 4 rings (SSSR count). The molecule has 1 atom stereocenters. The molecule has 1 aliphatic rings. The Morgan fingerprint density at radius 2 is 2.20 bits per heavy atom.